The molecule has 2 rings (SSSR count). The summed E-state index contributed by atoms with van der Waals surface area (Å²) in [7, 11) is 0. The summed E-state index contributed by atoms with van der Waals surface area (Å²) in [5.41, 5.74) is 2.42. The number of nitrogens with one attached hydrogen (secondary N) is 1. The third-order valence-electron chi connectivity index (χ3n) is 3.04. The predicted molar refractivity (Wildman–Crippen MR) is 82.8 cm³/mol. The Morgan fingerprint density at radius 3 is 2.79 bits per heavy atom. The average molecular weight is 275 g/mol. The number of hydrogen-bond donors (Lipinski definition) is 1. The molecular weight excluding hydrogens is 254 g/mol. The molecule has 0 saturated heterocycles. The standard InChI is InChI=1S/C15H21N3S/c1-4-18-11-13(10-16-18)12(3)17-14-8-6-7-9-15(14)19-5-2/h6-12,17H,4-5H2,1-3H3. The molecule has 1 atom stereocenters. The van der Waals surface area contributed by atoms with Gasteiger partial charge in [-0.05, 0) is 31.7 Å². The van der Waals surface area contributed by atoms with Crippen LogP contribution in [0.25, 0.3) is 0 Å². The zero-order valence-corrected chi connectivity index (χ0v) is 12.6. The number of hydrogen-bond acceptors (Lipinski definition) is 3. The van der Waals surface area contributed by atoms with E-state index in [0.29, 0.717) is 0 Å². The van der Waals surface area contributed by atoms with Crippen LogP contribution in [0.4, 0.5) is 5.69 Å². The Kier molecular flexibility index (Phi) is 4.91. The summed E-state index contributed by atoms with van der Waals surface area (Å²) in [6, 6.07) is 8.73. The highest BCUT2D eigenvalue weighted by Gasteiger charge is 2.10. The van der Waals surface area contributed by atoms with Gasteiger partial charge in [0.25, 0.3) is 0 Å². The van der Waals surface area contributed by atoms with E-state index in [4.69, 9.17) is 0 Å². The molecule has 1 aromatic heterocycles. The SMILES string of the molecule is CCSc1ccccc1NC(C)c1cnn(CC)c1. The maximum atomic E-state index is 4.33. The van der Waals surface area contributed by atoms with E-state index < -0.39 is 0 Å². The Morgan fingerprint density at radius 1 is 1.32 bits per heavy atom. The van der Waals surface area contributed by atoms with Crippen molar-refractivity contribution in [1.82, 2.24) is 9.78 Å². The molecule has 1 N–H and O–H groups in total. The van der Waals surface area contributed by atoms with Crippen LogP contribution in [-0.2, 0) is 6.54 Å². The van der Waals surface area contributed by atoms with Crippen LogP contribution in [0.3, 0.4) is 0 Å². The molecule has 0 bridgehead atoms. The lowest BCUT2D eigenvalue weighted by Gasteiger charge is -2.16. The van der Waals surface area contributed by atoms with Crippen LogP contribution in [0.15, 0.2) is 41.6 Å². The van der Waals surface area contributed by atoms with E-state index in [1.807, 2.05) is 22.6 Å². The fourth-order valence-electron chi connectivity index (χ4n) is 1.96. The number of benzene rings is 1. The average Bonchev–Trinajstić information content (AvgIpc) is 2.90. The van der Waals surface area contributed by atoms with E-state index in [1.165, 1.54) is 16.1 Å². The van der Waals surface area contributed by atoms with Gasteiger partial charge in [0.2, 0.25) is 0 Å². The molecule has 0 aliphatic rings. The van der Waals surface area contributed by atoms with Gasteiger partial charge in [-0.3, -0.25) is 4.68 Å². The Hall–Kier alpha value is -1.42. The summed E-state index contributed by atoms with van der Waals surface area (Å²) in [6.45, 7) is 7.36. The molecule has 0 amide bonds. The second-order valence-corrected chi connectivity index (χ2v) is 5.73. The molecule has 4 heteroatoms. The van der Waals surface area contributed by atoms with Gasteiger partial charge in [-0.1, -0.05) is 19.1 Å². The van der Waals surface area contributed by atoms with Gasteiger partial charge in [-0.25, -0.2) is 0 Å². The van der Waals surface area contributed by atoms with E-state index >= 15 is 0 Å². The molecule has 0 radical (unpaired) electrons. The lowest BCUT2D eigenvalue weighted by molar-refractivity contribution is 0.658. The minimum atomic E-state index is 0.263. The maximum Gasteiger partial charge on any atom is 0.0542 e. The molecule has 1 heterocycles. The van der Waals surface area contributed by atoms with Crippen LogP contribution in [0, 0.1) is 0 Å². The van der Waals surface area contributed by atoms with Crippen LogP contribution in [-0.4, -0.2) is 15.5 Å². The van der Waals surface area contributed by atoms with Gasteiger partial charge in [0.1, 0.15) is 0 Å². The van der Waals surface area contributed by atoms with Crippen LogP contribution in [0.5, 0.6) is 0 Å². The Bertz CT molecular complexity index is 522. The summed E-state index contributed by atoms with van der Waals surface area (Å²) in [5.74, 6) is 1.08. The number of aryl methyl sites for hydroxylation is 1. The second-order valence-electron chi connectivity index (χ2n) is 4.42. The fourth-order valence-corrected chi connectivity index (χ4v) is 2.73. The summed E-state index contributed by atoms with van der Waals surface area (Å²) < 4.78 is 1.96. The van der Waals surface area contributed by atoms with Crippen molar-refractivity contribution in [3.8, 4) is 0 Å². The lowest BCUT2D eigenvalue weighted by atomic mass is 10.2. The number of thioether (sulfide) groups is 1. The zero-order chi connectivity index (χ0) is 13.7. The molecule has 1 unspecified atom stereocenters. The summed E-state index contributed by atoms with van der Waals surface area (Å²) in [6.07, 6.45) is 4.05. The Morgan fingerprint density at radius 2 is 2.11 bits per heavy atom. The first-order valence-electron chi connectivity index (χ1n) is 6.75. The number of anilines is 1. The topological polar surface area (TPSA) is 29.9 Å². The van der Waals surface area contributed by atoms with Crippen molar-refractivity contribution in [1.29, 1.82) is 0 Å². The Labute approximate surface area is 119 Å². The van der Waals surface area contributed by atoms with Crippen LogP contribution >= 0.6 is 11.8 Å². The van der Waals surface area contributed by atoms with E-state index in [1.54, 1.807) is 0 Å². The molecule has 0 aliphatic carbocycles. The highest BCUT2D eigenvalue weighted by Crippen LogP contribution is 2.29. The number of para-hydroxylation sites is 1. The van der Waals surface area contributed by atoms with Gasteiger partial charge in [-0.15, -0.1) is 11.8 Å². The molecule has 3 nitrogen and oxygen atoms in total. The van der Waals surface area contributed by atoms with E-state index in [0.717, 1.165) is 12.3 Å². The number of nitrogens with zero attached hydrogens (tertiary/aromatic N) is 2. The molecule has 19 heavy (non-hydrogen) atoms. The largest absolute Gasteiger partial charge is 0.377 e. The number of rotatable bonds is 6. The lowest BCUT2D eigenvalue weighted by Crippen LogP contribution is -2.06. The molecule has 1 aromatic carbocycles. The van der Waals surface area contributed by atoms with Crippen molar-refractivity contribution < 1.29 is 0 Å². The van der Waals surface area contributed by atoms with Crippen LogP contribution < -0.4 is 5.32 Å². The Balaban J connectivity index is 2.11. The van der Waals surface area contributed by atoms with Gasteiger partial charge < -0.3 is 5.32 Å². The quantitative estimate of drug-likeness (QED) is 0.802. The zero-order valence-electron chi connectivity index (χ0n) is 11.8. The van der Waals surface area contributed by atoms with Gasteiger partial charge >= 0.3 is 0 Å². The van der Waals surface area contributed by atoms with Crippen molar-refractivity contribution in [2.75, 3.05) is 11.1 Å². The monoisotopic (exact) mass is 275 g/mol. The van der Waals surface area contributed by atoms with Crippen LogP contribution in [0.1, 0.15) is 32.4 Å². The minimum Gasteiger partial charge on any atom is -0.377 e. The first kappa shape index (κ1) is 14.0. The maximum absolute atomic E-state index is 4.33. The normalized spacial score (nSPS) is 12.4. The number of aromatic nitrogens is 2. The van der Waals surface area contributed by atoms with Crippen molar-refractivity contribution >= 4 is 17.4 Å². The fraction of sp³-hybridized carbons (Fsp3) is 0.400. The van der Waals surface area contributed by atoms with Crippen LogP contribution in [0.2, 0.25) is 0 Å². The first-order valence-corrected chi connectivity index (χ1v) is 7.73. The predicted octanol–water partition coefficient (Wildman–Crippen LogP) is 4.19. The third kappa shape index (κ3) is 3.53. The highest BCUT2D eigenvalue weighted by molar-refractivity contribution is 7.99. The molecule has 0 saturated carbocycles. The molecule has 102 valence electrons. The smallest absolute Gasteiger partial charge is 0.0542 e. The van der Waals surface area contributed by atoms with E-state index in [9.17, 15) is 0 Å². The molecule has 0 spiro atoms. The molecule has 0 aliphatic heterocycles. The minimum absolute atomic E-state index is 0.263. The molecular formula is C15H21N3S. The summed E-state index contributed by atoms with van der Waals surface area (Å²) >= 11 is 1.87. The first-order chi connectivity index (χ1) is 9.24. The van der Waals surface area contributed by atoms with Gasteiger partial charge in [-0.2, -0.15) is 5.10 Å². The molecule has 0 fully saturated rings. The van der Waals surface area contributed by atoms with E-state index in [2.05, 4.69) is 61.6 Å². The van der Waals surface area contributed by atoms with Crippen molar-refractivity contribution in [3.05, 3.63) is 42.2 Å². The van der Waals surface area contributed by atoms with Gasteiger partial charge in [0.05, 0.1) is 12.2 Å². The van der Waals surface area contributed by atoms with Crippen molar-refractivity contribution in [2.24, 2.45) is 0 Å². The van der Waals surface area contributed by atoms with Crippen molar-refractivity contribution in [3.63, 3.8) is 0 Å². The third-order valence-corrected chi connectivity index (χ3v) is 3.99. The second kappa shape index (κ2) is 6.66. The molecule has 2 aromatic rings. The highest BCUT2D eigenvalue weighted by atomic mass is 32.2. The van der Waals surface area contributed by atoms with Gasteiger partial charge in [0, 0.05) is 28.9 Å². The van der Waals surface area contributed by atoms with Crippen molar-refractivity contribution in [2.45, 2.75) is 38.3 Å². The van der Waals surface area contributed by atoms with Gasteiger partial charge in [0.15, 0.2) is 0 Å². The summed E-state index contributed by atoms with van der Waals surface area (Å²) in [4.78, 5) is 1.31. The summed E-state index contributed by atoms with van der Waals surface area (Å²) in [5, 5.41) is 7.90. The van der Waals surface area contributed by atoms with E-state index in [-0.39, 0.29) is 6.04 Å².